The standard InChI is InChI=1S/C18H24N6O2/c1-13-19-17(26-22-13)12-23-7-9-24(10-8-23)15-11-16(25)20-21-18(15)14-5-3-2-4-6-14/h2-6,15,18,21H,7-12H2,1H3,(H,20,25). The van der Waals surface area contributed by atoms with Crippen LogP contribution >= 0.6 is 0 Å². The van der Waals surface area contributed by atoms with Gasteiger partial charge in [0.2, 0.25) is 11.8 Å². The number of nitrogens with one attached hydrogen (secondary N) is 2. The van der Waals surface area contributed by atoms with Crippen molar-refractivity contribution in [3.8, 4) is 0 Å². The summed E-state index contributed by atoms with van der Waals surface area (Å²) >= 11 is 0. The van der Waals surface area contributed by atoms with Gasteiger partial charge in [0.05, 0.1) is 12.6 Å². The minimum absolute atomic E-state index is 0.0472. The number of hydrogen-bond acceptors (Lipinski definition) is 7. The summed E-state index contributed by atoms with van der Waals surface area (Å²) in [5, 5.41) is 3.85. The molecule has 138 valence electrons. The van der Waals surface area contributed by atoms with Crippen molar-refractivity contribution in [2.24, 2.45) is 0 Å². The number of carbonyl (C=O) groups excluding carboxylic acids is 1. The molecule has 0 aliphatic carbocycles. The van der Waals surface area contributed by atoms with Gasteiger partial charge in [-0.3, -0.25) is 20.0 Å². The van der Waals surface area contributed by atoms with Crippen molar-refractivity contribution >= 4 is 5.91 Å². The van der Waals surface area contributed by atoms with E-state index in [1.54, 1.807) is 0 Å². The van der Waals surface area contributed by atoms with E-state index in [-0.39, 0.29) is 18.0 Å². The van der Waals surface area contributed by atoms with Crippen molar-refractivity contribution in [1.29, 1.82) is 0 Å². The lowest BCUT2D eigenvalue weighted by Gasteiger charge is -2.44. The second-order valence-electron chi connectivity index (χ2n) is 6.90. The molecule has 1 amide bonds. The van der Waals surface area contributed by atoms with E-state index in [1.807, 2.05) is 25.1 Å². The third kappa shape index (κ3) is 3.77. The largest absolute Gasteiger partial charge is 0.338 e. The van der Waals surface area contributed by atoms with Crippen molar-refractivity contribution in [2.75, 3.05) is 26.2 Å². The molecule has 2 unspecified atom stereocenters. The summed E-state index contributed by atoms with van der Waals surface area (Å²) < 4.78 is 5.22. The Labute approximate surface area is 152 Å². The van der Waals surface area contributed by atoms with E-state index in [0.29, 0.717) is 24.7 Å². The number of aromatic nitrogens is 2. The number of aryl methyl sites for hydroxylation is 1. The number of benzene rings is 1. The van der Waals surface area contributed by atoms with Gasteiger partial charge in [0.25, 0.3) is 0 Å². The van der Waals surface area contributed by atoms with Gasteiger partial charge in [-0.1, -0.05) is 35.5 Å². The highest BCUT2D eigenvalue weighted by atomic mass is 16.5. The van der Waals surface area contributed by atoms with Crippen LogP contribution in [0.2, 0.25) is 0 Å². The molecule has 0 radical (unpaired) electrons. The molecule has 0 spiro atoms. The molecule has 2 aliphatic heterocycles. The number of piperazine rings is 1. The fourth-order valence-corrected chi connectivity index (χ4v) is 3.77. The first-order valence-electron chi connectivity index (χ1n) is 9.04. The monoisotopic (exact) mass is 356 g/mol. The molecule has 0 saturated carbocycles. The van der Waals surface area contributed by atoms with Gasteiger partial charge in [-0.2, -0.15) is 4.98 Å². The first-order valence-corrected chi connectivity index (χ1v) is 9.04. The molecule has 8 nitrogen and oxygen atoms in total. The molecule has 3 heterocycles. The SMILES string of the molecule is Cc1noc(CN2CCN(C3CC(=O)NNC3c3ccccc3)CC2)n1. The molecule has 2 fully saturated rings. The summed E-state index contributed by atoms with van der Waals surface area (Å²) in [6, 6.07) is 10.5. The van der Waals surface area contributed by atoms with Crippen LogP contribution in [0.25, 0.3) is 0 Å². The number of carbonyl (C=O) groups is 1. The predicted octanol–water partition coefficient (Wildman–Crippen LogP) is 0.630. The summed E-state index contributed by atoms with van der Waals surface area (Å²) in [7, 11) is 0. The molecular formula is C18H24N6O2. The first-order chi connectivity index (χ1) is 12.7. The molecule has 2 aromatic rings. The van der Waals surface area contributed by atoms with Crippen LogP contribution in [-0.2, 0) is 11.3 Å². The molecule has 26 heavy (non-hydrogen) atoms. The normalized spacial score (nSPS) is 25.2. The number of hydrogen-bond donors (Lipinski definition) is 2. The first kappa shape index (κ1) is 17.1. The van der Waals surface area contributed by atoms with E-state index in [4.69, 9.17) is 4.52 Å². The molecule has 2 atom stereocenters. The minimum Gasteiger partial charge on any atom is -0.338 e. The Kier molecular flexibility index (Phi) is 4.96. The van der Waals surface area contributed by atoms with Gasteiger partial charge < -0.3 is 4.52 Å². The van der Waals surface area contributed by atoms with Gasteiger partial charge in [0, 0.05) is 38.6 Å². The van der Waals surface area contributed by atoms with E-state index in [0.717, 1.165) is 26.2 Å². The van der Waals surface area contributed by atoms with Crippen LogP contribution in [-0.4, -0.2) is 58.1 Å². The highest BCUT2D eigenvalue weighted by Gasteiger charge is 2.35. The van der Waals surface area contributed by atoms with Gasteiger partial charge in [-0.05, 0) is 12.5 Å². The number of amides is 1. The molecule has 0 bridgehead atoms. The molecule has 1 aromatic heterocycles. The van der Waals surface area contributed by atoms with Crippen LogP contribution in [0.1, 0.15) is 29.7 Å². The summed E-state index contributed by atoms with van der Waals surface area (Å²) in [4.78, 5) is 21.0. The van der Waals surface area contributed by atoms with Crippen molar-refractivity contribution in [3.63, 3.8) is 0 Å². The smallest absolute Gasteiger partial charge is 0.240 e. The minimum atomic E-state index is 0.0472. The molecule has 2 N–H and O–H groups in total. The maximum absolute atomic E-state index is 12.0. The lowest BCUT2D eigenvalue weighted by Crippen LogP contribution is -2.60. The van der Waals surface area contributed by atoms with Gasteiger partial charge in [-0.15, -0.1) is 0 Å². The van der Waals surface area contributed by atoms with Crippen molar-refractivity contribution in [3.05, 3.63) is 47.6 Å². The topological polar surface area (TPSA) is 86.5 Å². The average Bonchev–Trinajstić information content (AvgIpc) is 3.08. The lowest BCUT2D eigenvalue weighted by molar-refractivity contribution is -0.127. The van der Waals surface area contributed by atoms with Crippen LogP contribution in [0.4, 0.5) is 0 Å². The van der Waals surface area contributed by atoms with Crippen LogP contribution in [0, 0.1) is 6.92 Å². The Morgan fingerprint density at radius 1 is 1.19 bits per heavy atom. The predicted molar refractivity (Wildman–Crippen MR) is 94.8 cm³/mol. The number of hydrazine groups is 1. The van der Waals surface area contributed by atoms with Gasteiger partial charge in [0.1, 0.15) is 0 Å². The van der Waals surface area contributed by atoms with Gasteiger partial charge >= 0.3 is 0 Å². The highest BCUT2D eigenvalue weighted by molar-refractivity contribution is 5.77. The third-order valence-electron chi connectivity index (χ3n) is 5.11. The van der Waals surface area contributed by atoms with Crippen LogP contribution in [0.3, 0.4) is 0 Å². The summed E-state index contributed by atoms with van der Waals surface area (Å²) in [5.41, 5.74) is 7.18. The molecule has 1 aromatic carbocycles. The van der Waals surface area contributed by atoms with E-state index in [9.17, 15) is 4.79 Å². The van der Waals surface area contributed by atoms with Gasteiger partial charge in [-0.25, -0.2) is 5.43 Å². The van der Waals surface area contributed by atoms with Crippen molar-refractivity contribution < 1.29 is 9.32 Å². The third-order valence-corrected chi connectivity index (χ3v) is 5.11. The maximum atomic E-state index is 12.0. The number of rotatable bonds is 4. The Morgan fingerprint density at radius 2 is 1.96 bits per heavy atom. The molecule has 2 saturated heterocycles. The van der Waals surface area contributed by atoms with Crippen molar-refractivity contribution in [2.45, 2.75) is 32.0 Å². The fraction of sp³-hybridized carbons (Fsp3) is 0.500. The van der Waals surface area contributed by atoms with Crippen LogP contribution in [0.15, 0.2) is 34.9 Å². The van der Waals surface area contributed by atoms with E-state index >= 15 is 0 Å². The zero-order valence-electron chi connectivity index (χ0n) is 14.9. The van der Waals surface area contributed by atoms with E-state index in [2.05, 4.69) is 42.9 Å². The summed E-state index contributed by atoms with van der Waals surface area (Å²) in [5.74, 6) is 1.38. The molecule has 4 rings (SSSR count). The quantitative estimate of drug-likeness (QED) is 0.831. The second kappa shape index (κ2) is 7.53. The van der Waals surface area contributed by atoms with Crippen molar-refractivity contribution in [1.82, 2.24) is 30.8 Å². The zero-order valence-corrected chi connectivity index (χ0v) is 14.9. The molecular weight excluding hydrogens is 332 g/mol. The second-order valence-corrected chi connectivity index (χ2v) is 6.90. The van der Waals surface area contributed by atoms with Gasteiger partial charge in [0.15, 0.2) is 5.82 Å². The van der Waals surface area contributed by atoms with Crippen LogP contribution in [0.5, 0.6) is 0 Å². The molecule has 8 heteroatoms. The lowest BCUT2D eigenvalue weighted by atomic mass is 9.93. The zero-order chi connectivity index (χ0) is 17.9. The summed E-state index contributed by atoms with van der Waals surface area (Å²) in [6.07, 6.45) is 0.509. The van der Waals surface area contributed by atoms with Crippen LogP contribution < -0.4 is 10.9 Å². The highest BCUT2D eigenvalue weighted by Crippen LogP contribution is 2.26. The fourth-order valence-electron chi connectivity index (χ4n) is 3.77. The Morgan fingerprint density at radius 3 is 2.65 bits per heavy atom. The molecule has 2 aliphatic rings. The maximum Gasteiger partial charge on any atom is 0.240 e. The van der Waals surface area contributed by atoms with E-state index < -0.39 is 0 Å². The Bertz CT molecular complexity index is 741. The Hall–Kier alpha value is -2.29. The summed E-state index contributed by atoms with van der Waals surface area (Å²) in [6.45, 7) is 6.17. The number of nitrogens with zero attached hydrogens (tertiary/aromatic N) is 4. The Balaban J connectivity index is 1.40. The van der Waals surface area contributed by atoms with E-state index in [1.165, 1.54) is 5.56 Å². The average molecular weight is 356 g/mol.